The number of nitrogens with one attached hydrogen (secondary N) is 2. The summed E-state index contributed by atoms with van der Waals surface area (Å²) in [5.41, 5.74) is 0. The molecule has 0 bridgehead atoms. The molecule has 0 aromatic heterocycles. The van der Waals surface area contributed by atoms with Gasteiger partial charge in [0.15, 0.2) is 0 Å². The van der Waals surface area contributed by atoms with Gasteiger partial charge < -0.3 is 15.7 Å². The van der Waals surface area contributed by atoms with E-state index in [-0.39, 0.29) is 31.7 Å². The molecule has 10 heteroatoms. The van der Waals surface area contributed by atoms with Crippen molar-refractivity contribution >= 4 is 27.8 Å². The van der Waals surface area contributed by atoms with E-state index in [1.165, 1.54) is 6.92 Å². The van der Waals surface area contributed by atoms with Gasteiger partial charge in [0.1, 0.15) is 11.8 Å². The van der Waals surface area contributed by atoms with Crippen molar-refractivity contribution in [2.24, 2.45) is 0 Å². The second-order valence-electron chi connectivity index (χ2n) is 4.13. The van der Waals surface area contributed by atoms with E-state index in [4.69, 9.17) is 9.66 Å². The van der Waals surface area contributed by atoms with Crippen LogP contribution in [-0.4, -0.2) is 60.6 Å². The van der Waals surface area contributed by atoms with E-state index in [0.29, 0.717) is 0 Å². The number of amides is 1. The van der Waals surface area contributed by atoms with Crippen molar-refractivity contribution in [3.05, 3.63) is 0 Å². The lowest BCUT2D eigenvalue weighted by Gasteiger charge is -2.12. The highest BCUT2D eigenvalue weighted by Crippen LogP contribution is 1.99. The minimum absolute atomic E-state index is 0.0479. The van der Waals surface area contributed by atoms with Crippen molar-refractivity contribution in [2.75, 3.05) is 18.8 Å². The Morgan fingerprint density at radius 2 is 1.85 bits per heavy atom. The van der Waals surface area contributed by atoms with Crippen LogP contribution in [0, 0.1) is 0 Å². The Hall–Kier alpha value is -1.52. The standard InChI is InChI=1S/C10H18N2O7S/c1-7(13)12-9(10(15)16)3-2-8(14)6-11-4-5-20(17,18)19/h9,11H,2-6H2,1H3,(H,12,13)(H,15,16)(H,17,18,19). The average Bonchev–Trinajstić information content (AvgIpc) is 2.28. The molecule has 0 aliphatic heterocycles. The van der Waals surface area contributed by atoms with Gasteiger partial charge in [-0.25, -0.2) is 4.79 Å². The van der Waals surface area contributed by atoms with E-state index in [1.807, 2.05) is 0 Å². The molecule has 20 heavy (non-hydrogen) atoms. The molecule has 0 aliphatic carbocycles. The van der Waals surface area contributed by atoms with Crippen LogP contribution in [0.4, 0.5) is 0 Å². The van der Waals surface area contributed by atoms with Crippen LogP contribution in [0.15, 0.2) is 0 Å². The Labute approximate surface area is 116 Å². The van der Waals surface area contributed by atoms with Gasteiger partial charge in [0.2, 0.25) is 5.91 Å². The topological polar surface area (TPSA) is 150 Å². The molecule has 9 nitrogen and oxygen atoms in total. The van der Waals surface area contributed by atoms with E-state index in [2.05, 4.69) is 10.6 Å². The maximum Gasteiger partial charge on any atom is 0.326 e. The second kappa shape index (κ2) is 8.61. The Bertz CT molecular complexity index is 460. The summed E-state index contributed by atoms with van der Waals surface area (Å²) in [4.78, 5) is 32.9. The van der Waals surface area contributed by atoms with Crippen LogP contribution in [0.5, 0.6) is 0 Å². The van der Waals surface area contributed by atoms with Gasteiger partial charge in [-0.2, -0.15) is 8.42 Å². The summed E-state index contributed by atoms with van der Waals surface area (Å²) in [6, 6.07) is -1.13. The Balaban J connectivity index is 3.96. The molecule has 0 heterocycles. The first-order valence-corrected chi connectivity index (χ1v) is 7.40. The minimum Gasteiger partial charge on any atom is -0.480 e. The zero-order valence-electron chi connectivity index (χ0n) is 11.0. The smallest absolute Gasteiger partial charge is 0.326 e. The fourth-order valence-electron chi connectivity index (χ4n) is 1.33. The van der Waals surface area contributed by atoms with Gasteiger partial charge in [-0.15, -0.1) is 0 Å². The van der Waals surface area contributed by atoms with Crippen LogP contribution in [-0.2, 0) is 24.5 Å². The first-order valence-electron chi connectivity index (χ1n) is 5.79. The third-order valence-corrected chi connectivity index (χ3v) is 2.97. The SMILES string of the molecule is CC(=O)NC(CCC(=O)CNCCS(=O)(=O)O)C(=O)O. The molecule has 0 radical (unpaired) electrons. The van der Waals surface area contributed by atoms with Crippen LogP contribution < -0.4 is 10.6 Å². The number of Topliss-reactive ketones (excluding diaryl/α,β-unsaturated/α-hetero) is 1. The predicted octanol–water partition coefficient (Wildman–Crippen LogP) is -1.60. The first-order chi connectivity index (χ1) is 9.11. The molecule has 0 aromatic rings. The number of carbonyl (C=O) groups is 3. The van der Waals surface area contributed by atoms with Crippen LogP contribution >= 0.6 is 0 Å². The molecule has 0 aromatic carbocycles. The summed E-state index contributed by atoms with van der Waals surface area (Å²) >= 11 is 0. The fourth-order valence-corrected chi connectivity index (χ4v) is 1.73. The number of carboxylic acids is 1. The lowest BCUT2D eigenvalue weighted by molar-refractivity contribution is -0.141. The summed E-state index contributed by atoms with van der Waals surface area (Å²) in [6.45, 7) is 0.954. The van der Waals surface area contributed by atoms with Gasteiger partial charge >= 0.3 is 5.97 Å². The zero-order chi connectivity index (χ0) is 15.8. The maximum absolute atomic E-state index is 11.4. The number of aliphatic carboxylic acids is 1. The van der Waals surface area contributed by atoms with Crippen LogP contribution in [0.2, 0.25) is 0 Å². The summed E-state index contributed by atoms with van der Waals surface area (Å²) in [5.74, 6) is -2.57. The highest BCUT2D eigenvalue weighted by molar-refractivity contribution is 7.85. The van der Waals surface area contributed by atoms with Gasteiger partial charge in [-0.3, -0.25) is 14.1 Å². The van der Waals surface area contributed by atoms with Gasteiger partial charge in [-0.05, 0) is 6.42 Å². The van der Waals surface area contributed by atoms with Crippen molar-refractivity contribution in [3.8, 4) is 0 Å². The van der Waals surface area contributed by atoms with Crippen LogP contribution in [0.25, 0.3) is 0 Å². The zero-order valence-corrected chi connectivity index (χ0v) is 11.8. The van der Waals surface area contributed by atoms with Crippen molar-refractivity contribution in [1.29, 1.82) is 0 Å². The third-order valence-electron chi connectivity index (χ3n) is 2.25. The number of carbonyl (C=O) groups excluding carboxylic acids is 2. The molecule has 1 unspecified atom stereocenters. The summed E-state index contributed by atoms with van der Waals surface area (Å²) in [6.07, 6.45) is -0.121. The maximum atomic E-state index is 11.4. The van der Waals surface area contributed by atoms with Crippen LogP contribution in [0.1, 0.15) is 19.8 Å². The van der Waals surface area contributed by atoms with Gasteiger partial charge in [-0.1, -0.05) is 0 Å². The average molecular weight is 310 g/mol. The molecule has 0 spiro atoms. The lowest BCUT2D eigenvalue weighted by atomic mass is 10.1. The molecule has 0 aliphatic rings. The molecule has 0 rings (SSSR count). The molecular weight excluding hydrogens is 292 g/mol. The van der Waals surface area contributed by atoms with E-state index in [0.717, 1.165) is 0 Å². The number of hydrogen-bond acceptors (Lipinski definition) is 6. The highest BCUT2D eigenvalue weighted by Gasteiger charge is 2.19. The van der Waals surface area contributed by atoms with E-state index >= 15 is 0 Å². The number of carboxylic acid groups (broad SMARTS) is 1. The summed E-state index contributed by atoms with van der Waals surface area (Å²) in [5, 5.41) is 13.5. The van der Waals surface area contributed by atoms with Crippen molar-refractivity contribution in [2.45, 2.75) is 25.8 Å². The first kappa shape index (κ1) is 18.5. The third kappa shape index (κ3) is 10.4. The molecule has 0 saturated heterocycles. The monoisotopic (exact) mass is 310 g/mol. The Morgan fingerprint density at radius 1 is 1.25 bits per heavy atom. The van der Waals surface area contributed by atoms with Crippen molar-refractivity contribution in [3.63, 3.8) is 0 Å². The molecule has 116 valence electrons. The van der Waals surface area contributed by atoms with Gasteiger partial charge in [0.05, 0.1) is 12.3 Å². The van der Waals surface area contributed by atoms with Crippen LogP contribution in [0.3, 0.4) is 0 Å². The lowest BCUT2D eigenvalue weighted by Crippen LogP contribution is -2.40. The quantitative estimate of drug-likeness (QED) is 0.278. The van der Waals surface area contributed by atoms with E-state index in [1.54, 1.807) is 0 Å². The van der Waals surface area contributed by atoms with Crippen molar-refractivity contribution in [1.82, 2.24) is 10.6 Å². The molecule has 0 saturated carbocycles. The molecule has 1 amide bonds. The molecule has 4 N–H and O–H groups in total. The number of rotatable bonds is 10. The fraction of sp³-hybridized carbons (Fsp3) is 0.700. The number of ketones is 1. The molecular formula is C10H18N2O7S. The molecule has 1 atom stereocenters. The Morgan fingerprint density at radius 3 is 2.30 bits per heavy atom. The Kier molecular flexibility index (Phi) is 7.96. The van der Waals surface area contributed by atoms with Crippen molar-refractivity contribution < 1.29 is 32.5 Å². The summed E-state index contributed by atoms with van der Waals surface area (Å²) in [7, 11) is -4.07. The molecule has 0 fully saturated rings. The normalized spacial score (nSPS) is 12.7. The van der Waals surface area contributed by atoms with Gasteiger partial charge in [0, 0.05) is 19.9 Å². The van der Waals surface area contributed by atoms with E-state index < -0.39 is 33.8 Å². The largest absolute Gasteiger partial charge is 0.480 e. The van der Waals surface area contributed by atoms with Gasteiger partial charge in [0.25, 0.3) is 10.1 Å². The van der Waals surface area contributed by atoms with E-state index in [9.17, 15) is 22.8 Å². The highest BCUT2D eigenvalue weighted by atomic mass is 32.2. The second-order valence-corrected chi connectivity index (χ2v) is 5.70. The minimum atomic E-state index is -4.07. The predicted molar refractivity (Wildman–Crippen MR) is 68.8 cm³/mol. The number of hydrogen-bond donors (Lipinski definition) is 4. The summed E-state index contributed by atoms with van der Waals surface area (Å²) < 4.78 is 29.2.